The van der Waals surface area contributed by atoms with E-state index in [1.54, 1.807) is 19.2 Å². The lowest BCUT2D eigenvalue weighted by molar-refractivity contribution is 0.0962. The predicted molar refractivity (Wildman–Crippen MR) is 99.0 cm³/mol. The molecule has 0 bridgehead atoms. The molecular weight excluding hydrogens is 314 g/mol. The third-order valence-electron chi connectivity index (χ3n) is 4.79. The fourth-order valence-corrected chi connectivity index (χ4v) is 3.29. The van der Waals surface area contributed by atoms with Gasteiger partial charge in [0.25, 0.3) is 5.91 Å². The van der Waals surface area contributed by atoms with Crippen LogP contribution in [0.2, 0.25) is 0 Å². The summed E-state index contributed by atoms with van der Waals surface area (Å²) >= 11 is 0. The number of amides is 3. The number of nitrogens with zero attached hydrogens (tertiary/aromatic N) is 1. The van der Waals surface area contributed by atoms with Crippen molar-refractivity contribution in [2.24, 2.45) is 0 Å². The molecule has 1 heterocycles. The van der Waals surface area contributed by atoms with Crippen molar-refractivity contribution < 1.29 is 9.59 Å². The Balaban J connectivity index is 1.68. The minimum Gasteiger partial charge on any atom is -0.355 e. The molecule has 25 heavy (non-hydrogen) atoms. The summed E-state index contributed by atoms with van der Waals surface area (Å²) < 4.78 is 0. The van der Waals surface area contributed by atoms with Crippen LogP contribution in [-0.4, -0.2) is 37.0 Å². The molecule has 0 aliphatic carbocycles. The summed E-state index contributed by atoms with van der Waals surface area (Å²) in [5.74, 6) is 0.226. The van der Waals surface area contributed by atoms with E-state index in [1.807, 2.05) is 36.1 Å². The Kier molecular flexibility index (Phi) is 5.03. The van der Waals surface area contributed by atoms with E-state index < -0.39 is 0 Å². The van der Waals surface area contributed by atoms with Gasteiger partial charge in [-0.15, -0.1) is 0 Å². The fourth-order valence-electron chi connectivity index (χ4n) is 3.29. The predicted octanol–water partition coefficient (Wildman–Crippen LogP) is 3.38. The topological polar surface area (TPSA) is 61.4 Å². The number of anilines is 1. The van der Waals surface area contributed by atoms with Crippen molar-refractivity contribution in [1.29, 1.82) is 0 Å². The molecule has 130 valence electrons. The van der Waals surface area contributed by atoms with Crippen LogP contribution < -0.4 is 10.6 Å². The van der Waals surface area contributed by atoms with Gasteiger partial charge in [0.05, 0.1) is 0 Å². The van der Waals surface area contributed by atoms with Gasteiger partial charge in [0.1, 0.15) is 0 Å². The molecule has 2 N–H and O–H groups in total. The number of carbonyl (C=O) groups excluding carboxylic acids is 2. The number of nitrogens with one attached hydrogen (secondary N) is 2. The minimum atomic E-state index is -0.154. The summed E-state index contributed by atoms with van der Waals surface area (Å²) in [6, 6.07) is 15.5. The third-order valence-corrected chi connectivity index (χ3v) is 4.79. The molecule has 5 heteroatoms. The summed E-state index contributed by atoms with van der Waals surface area (Å²) in [7, 11) is 1.60. The second-order valence-corrected chi connectivity index (χ2v) is 6.33. The van der Waals surface area contributed by atoms with Gasteiger partial charge in [-0.2, -0.15) is 0 Å². The van der Waals surface area contributed by atoms with Crippen molar-refractivity contribution in [1.82, 2.24) is 10.2 Å². The minimum absolute atomic E-state index is 0.115. The number of benzene rings is 2. The Hall–Kier alpha value is -2.82. The molecule has 0 aromatic heterocycles. The van der Waals surface area contributed by atoms with E-state index >= 15 is 0 Å². The van der Waals surface area contributed by atoms with Crippen molar-refractivity contribution in [2.45, 2.75) is 19.3 Å². The first-order chi connectivity index (χ1) is 12.1. The van der Waals surface area contributed by atoms with Crippen molar-refractivity contribution in [3.8, 4) is 0 Å². The summed E-state index contributed by atoms with van der Waals surface area (Å²) in [5.41, 5.74) is 3.29. The largest absolute Gasteiger partial charge is 0.355 e. The van der Waals surface area contributed by atoms with Crippen LogP contribution in [0.25, 0.3) is 0 Å². The van der Waals surface area contributed by atoms with E-state index in [-0.39, 0.29) is 11.9 Å². The highest BCUT2D eigenvalue weighted by atomic mass is 16.2. The molecule has 0 unspecified atom stereocenters. The zero-order valence-electron chi connectivity index (χ0n) is 14.6. The molecule has 3 rings (SSSR count). The monoisotopic (exact) mass is 337 g/mol. The lowest BCUT2D eigenvalue weighted by Gasteiger charge is -2.19. The van der Waals surface area contributed by atoms with Crippen LogP contribution in [-0.2, 0) is 0 Å². The molecule has 1 atom stereocenters. The highest BCUT2D eigenvalue weighted by Crippen LogP contribution is 2.28. The maximum atomic E-state index is 12.6. The lowest BCUT2D eigenvalue weighted by atomic mass is 9.99. The quantitative estimate of drug-likeness (QED) is 0.902. The van der Waals surface area contributed by atoms with Crippen LogP contribution in [0.3, 0.4) is 0 Å². The van der Waals surface area contributed by atoms with Crippen molar-refractivity contribution >= 4 is 17.6 Å². The van der Waals surface area contributed by atoms with Crippen LogP contribution in [0, 0.1) is 6.92 Å². The standard InChI is InChI=1S/C20H23N3O2/c1-14-17(19(24)21-2)9-6-10-18(14)22-20(25)23-12-11-16(13-23)15-7-4-3-5-8-15/h3-10,16H,11-13H2,1-2H3,(H,21,24)(H,22,25)/t16-/m0/s1. The maximum absolute atomic E-state index is 12.6. The van der Waals surface area contributed by atoms with Crippen LogP contribution in [0.15, 0.2) is 48.5 Å². The van der Waals surface area contributed by atoms with Gasteiger partial charge in [0.2, 0.25) is 0 Å². The van der Waals surface area contributed by atoms with Gasteiger partial charge in [0.15, 0.2) is 0 Å². The fraction of sp³-hybridized carbons (Fsp3) is 0.300. The summed E-state index contributed by atoms with van der Waals surface area (Å²) in [4.78, 5) is 26.3. The number of carbonyl (C=O) groups is 2. The van der Waals surface area contributed by atoms with E-state index in [9.17, 15) is 9.59 Å². The second kappa shape index (κ2) is 7.38. The van der Waals surface area contributed by atoms with E-state index in [4.69, 9.17) is 0 Å². The molecule has 0 spiro atoms. The molecule has 1 aliphatic heterocycles. The molecule has 1 aliphatic rings. The normalized spacial score (nSPS) is 16.6. The highest BCUT2D eigenvalue weighted by molar-refractivity contribution is 5.99. The molecule has 2 aromatic rings. The average Bonchev–Trinajstić information content (AvgIpc) is 3.14. The van der Waals surface area contributed by atoms with Gasteiger partial charge in [-0.25, -0.2) is 4.79 Å². The lowest BCUT2D eigenvalue weighted by Crippen LogP contribution is -2.33. The van der Waals surface area contributed by atoms with Gasteiger partial charge < -0.3 is 15.5 Å². The van der Waals surface area contributed by atoms with Crippen LogP contribution in [0.5, 0.6) is 0 Å². The highest BCUT2D eigenvalue weighted by Gasteiger charge is 2.27. The van der Waals surface area contributed by atoms with E-state index in [0.717, 1.165) is 18.5 Å². The maximum Gasteiger partial charge on any atom is 0.321 e. The zero-order valence-corrected chi connectivity index (χ0v) is 14.6. The Bertz CT molecular complexity index is 774. The number of hydrogen-bond donors (Lipinski definition) is 2. The number of urea groups is 1. The Morgan fingerprint density at radius 3 is 2.56 bits per heavy atom. The molecule has 1 saturated heterocycles. The molecule has 1 fully saturated rings. The van der Waals surface area contributed by atoms with E-state index in [0.29, 0.717) is 23.7 Å². The third kappa shape index (κ3) is 3.65. The molecule has 3 amide bonds. The van der Waals surface area contributed by atoms with Crippen LogP contribution in [0.1, 0.15) is 33.8 Å². The van der Waals surface area contributed by atoms with Crippen molar-refractivity contribution in [3.05, 3.63) is 65.2 Å². The molecular formula is C20H23N3O2. The summed E-state index contributed by atoms with van der Waals surface area (Å²) in [5, 5.41) is 5.57. The molecule has 0 radical (unpaired) electrons. The van der Waals surface area contributed by atoms with E-state index in [2.05, 4.69) is 22.8 Å². The van der Waals surface area contributed by atoms with Gasteiger partial charge in [-0.3, -0.25) is 4.79 Å². The smallest absolute Gasteiger partial charge is 0.321 e. The second-order valence-electron chi connectivity index (χ2n) is 6.33. The SMILES string of the molecule is CNC(=O)c1cccc(NC(=O)N2CC[C@H](c3ccccc3)C2)c1C. The van der Waals surface area contributed by atoms with Crippen LogP contribution >= 0.6 is 0 Å². The van der Waals surface area contributed by atoms with E-state index in [1.165, 1.54) is 5.56 Å². The first kappa shape index (κ1) is 17.0. The number of hydrogen-bond acceptors (Lipinski definition) is 2. The summed E-state index contributed by atoms with van der Waals surface area (Å²) in [6.45, 7) is 3.29. The van der Waals surface area contributed by atoms with Crippen molar-refractivity contribution in [2.75, 3.05) is 25.5 Å². The first-order valence-electron chi connectivity index (χ1n) is 8.52. The van der Waals surface area contributed by atoms with Gasteiger partial charge >= 0.3 is 6.03 Å². The Labute approximate surface area is 148 Å². The first-order valence-corrected chi connectivity index (χ1v) is 8.52. The Morgan fingerprint density at radius 2 is 1.84 bits per heavy atom. The number of rotatable bonds is 3. The van der Waals surface area contributed by atoms with Gasteiger partial charge in [-0.1, -0.05) is 36.4 Å². The average molecular weight is 337 g/mol. The summed E-state index contributed by atoms with van der Waals surface area (Å²) in [6.07, 6.45) is 0.967. The number of likely N-dealkylation sites (tertiary alicyclic amines) is 1. The van der Waals surface area contributed by atoms with Crippen LogP contribution in [0.4, 0.5) is 10.5 Å². The molecule has 5 nitrogen and oxygen atoms in total. The van der Waals surface area contributed by atoms with Gasteiger partial charge in [-0.05, 0) is 36.6 Å². The Morgan fingerprint density at radius 1 is 1.08 bits per heavy atom. The molecule has 2 aromatic carbocycles. The molecule has 0 saturated carbocycles. The zero-order chi connectivity index (χ0) is 17.8. The van der Waals surface area contributed by atoms with Crippen molar-refractivity contribution in [3.63, 3.8) is 0 Å². The van der Waals surface area contributed by atoms with Gasteiger partial charge in [0, 0.05) is 37.3 Å².